The van der Waals surface area contributed by atoms with Crippen LogP contribution < -0.4 is 5.73 Å². The SMILES string of the molecule is CCCN(CC(N)=O)CC1CC1. The van der Waals surface area contributed by atoms with Crippen molar-refractivity contribution in [2.24, 2.45) is 11.7 Å². The largest absolute Gasteiger partial charge is 0.369 e. The van der Waals surface area contributed by atoms with Gasteiger partial charge >= 0.3 is 0 Å². The number of hydrogen-bond donors (Lipinski definition) is 1. The third-order valence-electron chi connectivity index (χ3n) is 2.13. The van der Waals surface area contributed by atoms with Gasteiger partial charge in [-0.2, -0.15) is 0 Å². The fraction of sp³-hybridized carbons (Fsp3) is 0.889. The Bertz CT molecular complexity index is 155. The fourth-order valence-electron chi connectivity index (χ4n) is 1.44. The van der Waals surface area contributed by atoms with E-state index in [0.717, 1.165) is 25.4 Å². The fourth-order valence-corrected chi connectivity index (χ4v) is 1.44. The third kappa shape index (κ3) is 3.72. The van der Waals surface area contributed by atoms with E-state index < -0.39 is 0 Å². The zero-order valence-electron chi connectivity index (χ0n) is 7.75. The molecule has 12 heavy (non-hydrogen) atoms. The number of nitrogens with two attached hydrogens (primary N) is 1. The summed E-state index contributed by atoms with van der Waals surface area (Å²) in [7, 11) is 0. The standard InChI is InChI=1S/C9H18N2O/c1-2-5-11(7-9(10)12)6-8-3-4-8/h8H,2-7H2,1H3,(H2,10,12). The van der Waals surface area contributed by atoms with Crippen molar-refractivity contribution >= 4 is 5.91 Å². The van der Waals surface area contributed by atoms with Crippen LogP contribution in [0.5, 0.6) is 0 Å². The monoisotopic (exact) mass is 170 g/mol. The van der Waals surface area contributed by atoms with Gasteiger partial charge in [0.05, 0.1) is 6.54 Å². The maximum atomic E-state index is 10.7. The van der Waals surface area contributed by atoms with E-state index in [2.05, 4.69) is 11.8 Å². The van der Waals surface area contributed by atoms with Crippen molar-refractivity contribution in [3.05, 3.63) is 0 Å². The third-order valence-corrected chi connectivity index (χ3v) is 2.13. The van der Waals surface area contributed by atoms with Gasteiger partial charge in [-0.25, -0.2) is 0 Å². The lowest BCUT2D eigenvalue weighted by molar-refractivity contribution is -0.119. The van der Waals surface area contributed by atoms with Gasteiger partial charge in [-0.05, 0) is 31.7 Å². The van der Waals surface area contributed by atoms with Crippen molar-refractivity contribution < 1.29 is 4.79 Å². The number of carbonyl (C=O) groups excluding carboxylic acids is 1. The average Bonchev–Trinajstić information content (AvgIpc) is 2.70. The van der Waals surface area contributed by atoms with Crippen LogP contribution in [0.3, 0.4) is 0 Å². The Morgan fingerprint density at radius 1 is 1.58 bits per heavy atom. The molecule has 1 aliphatic carbocycles. The molecular weight excluding hydrogens is 152 g/mol. The molecule has 1 amide bonds. The molecule has 1 rings (SSSR count). The predicted molar refractivity (Wildman–Crippen MR) is 48.6 cm³/mol. The van der Waals surface area contributed by atoms with Crippen molar-refractivity contribution in [2.75, 3.05) is 19.6 Å². The van der Waals surface area contributed by atoms with Gasteiger partial charge < -0.3 is 5.73 Å². The summed E-state index contributed by atoms with van der Waals surface area (Å²) < 4.78 is 0. The lowest BCUT2D eigenvalue weighted by Crippen LogP contribution is -2.35. The van der Waals surface area contributed by atoms with E-state index >= 15 is 0 Å². The normalized spacial score (nSPS) is 16.8. The lowest BCUT2D eigenvalue weighted by Gasteiger charge is -2.19. The van der Waals surface area contributed by atoms with E-state index in [-0.39, 0.29) is 5.91 Å². The maximum Gasteiger partial charge on any atom is 0.231 e. The average molecular weight is 170 g/mol. The van der Waals surface area contributed by atoms with Crippen molar-refractivity contribution in [3.8, 4) is 0 Å². The molecule has 1 fully saturated rings. The summed E-state index contributed by atoms with van der Waals surface area (Å²) in [5.74, 6) is 0.639. The quantitative estimate of drug-likeness (QED) is 0.634. The molecule has 0 aromatic heterocycles. The Morgan fingerprint density at radius 3 is 2.67 bits per heavy atom. The molecule has 0 aromatic carbocycles. The van der Waals surface area contributed by atoms with Crippen LogP contribution in [0, 0.1) is 5.92 Å². The summed E-state index contributed by atoms with van der Waals surface area (Å²) >= 11 is 0. The number of rotatable bonds is 6. The minimum absolute atomic E-state index is 0.205. The Morgan fingerprint density at radius 2 is 2.25 bits per heavy atom. The van der Waals surface area contributed by atoms with E-state index in [1.165, 1.54) is 12.8 Å². The zero-order chi connectivity index (χ0) is 8.97. The van der Waals surface area contributed by atoms with Crippen LogP contribution in [-0.2, 0) is 4.79 Å². The molecule has 0 saturated heterocycles. The molecule has 70 valence electrons. The van der Waals surface area contributed by atoms with Gasteiger partial charge in [0.25, 0.3) is 0 Å². The highest BCUT2D eigenvalue weighted by Gasteiger charge is 2.24. The maximum absolute atomic E-state index is 10.7. The van der Waals surface area contributed by atoms with Crippen LogP contribution in [0.4, 0.5) is 0 Å². The molecule has 0 aliphatic heterocycles. The molecule has 0 radical (unpaired) electrons. The molecule has 1 saturated carbocycles. The summed E-state index contributed by atoms with van der Waals surface area (Å²) in [6, 6.07) is 0. The van der Waals surface area contributed by atoms with Crippen LogP contribution in [0.25, 0.3) is 0 Å². The second kappa shape index (κ2) is 4.45. The molecule has 0 atom stereocenters. The molecular formula is C9H18N2O. The zero-order valence-corrected chi connectivity index (χ0v) is 7.75. The summed E-state index contributed by atoms with van der Waals surface area (Å²) in [4.78, 5) is 12.8. The van der Waals surface area contributed by atoms with Gasteiger partial charge in [0.2, 0.25) is 5.91 Å². The first-order valence-corrected chi connectivity index (χ1v) is 4.73. The second-order valence-corrected chi connectivity index (χ2v) is 3.64. The Hall–Kier alpha value is -0.570. The minimum atomic E-state index is -0.205. The van der Waals surface area contributed by atoms with E-state index in [4.69, 9.17) is 5.73 Å². The van der Waals surface area contributed by atoms with Gasteiger partial charge in [0, 0.05) is 6.54 Å². The molecule has 0 spiro atoms. The Labute approximate surface area is 73.9 Å². The molecule has 3 nitrogen and oxygen atoms in total. The number of nitrogens with zero attached hydrogens (tertiary/aromatic N) is 1. The number of primary amides is 1. The molecule has 0 aromatic rings. The minimum Gasteiger partial charge on any atom is -0.369 e. The van der Waals surface area contributed by atoms with E-state index in [0.29, 0.717) is 6.54 Å². The smallest absolute Gasteiger partial charge is 0.231 e. The number of carbonyl (C=O) groups is 1. The summed E-state index contributed by atoms with van der Waals surface area (Å²) in [6.07, 6.45) is 3.76. The van der Waals surface area contributed by atoms with Crippen LogP contribution >= 0.6 is 0 Å². The summed E-state index contributed by atoms with van der Waals surface area (Å²) in [5, 5.41) is 0. The topological polar surface area (TPSA) is 46.3 Å². The second-order valence-electron chi connectivity index (χ2n) is 3.64. The van der Waals surface area contributed by atoms with E-state index in [1.807, 2.05) is 0 Å². The van der Waals surface area contributed by atoms with Crippen molar-refractivity contribution in [1.82, 2.24) is 4.90 Å². The summed E-state index contributed by atoms with van der Waals surface area (Å²) in [6.45, 7) is 4.63. The molecule has 0 bridgehead atoms. The first-order chi connectivity index (χ1) is 5.72. The molecule has 0 unspecified atom stereocenters. The first-order valence-electron chi connectivity index (χ1n) is 4.73. The highest BCUT2D eigenvalue weighted by molar-refractivity contribution is 5.75. The lowest BCUT2D eigenvalue weighted by atomic mass is 10.3. The van der Waals surface area contributed by atoms with Crippen LogP contribution in [-0.4, -0.2) is 30.4 Å². The molecule has 0 heterocycles. The molecule has 3 heteroatoms. The number of hydrogen-bond acceptors (Lipinski definition) is 2. The highest BCUT2D eigenvalue weighted by Crippen LogP contribution is 2.29. The van der Waals surface area contributed by atoms with Crippen molar-refractivity contribution in [2.45, 2.75) is 26.2 Å². The van der Waals surface area contributed by atoms with Gasteiger partial charge in [-0.1, -0.05) is 6.92 Å². The Balaban J connectivity index is 2.20. The van der Waals surface area contributed by atoms with Gasteiger partial charge in [-0.15, -0.1) is 0 Å². The van der Waals surface area contributed by atoms with E-state index in [1.54, 1.807) is 0 Å². The van der Waals surface area contributed by atoms with Crippen molar-refractivity contribution in [1.29, 1.82) is 0 Å². The van der Waals surface area contributed by atoms with Gasteiger partial charge in [-0.3, -0.25) is 9.69 Å². The van der Waals surface area contributed by atoms with Crippen molar-refractivity contribution in [3.63, 3.8) is 0 Å². The molecule has 1 aliphatic rings. The van der Waals surface area contributed by atoms with Gasteiger partial charge in [0.1, 0.15) is 0 Å². The predicted octanol–water partition coefficient (Wildman–Crippen LogP) is 0.594. The molecule has 2 N–H and O–H groups in total. The Kier molecular flexibility index (Phi) is 3.53. The highest BCUT2D eigenvalue weighted by atomic mass is 16.1. The van der Waals surface area contributed by atoms with Crippen LogP contribution in [0.2, 0.25) is 0 Å². The van der Waals surface area contributed by atoms with Crippen LogP contribution in [0.15, 0.2) is 0 Å². The van der Waals surface area contributed by atoms with Gasteiger partial charge in [0.15, 0.2) is 0 Å². The van der Waals surface area contributed by atoms with Crippen LogP contribution in [0.1, 0.15) is 26.2 Å². The first kappa shape index (κ1) is 9.52. The summed E-state index contributed by atoms with van der Waals surface area (Å²) in [5.41, 5.74) is 5.14. The van der Waals surface area contributed by atoms with E-state index in [9.17, 15) is 4.79 Å². The number of amides is 1.